The Balaban J connectivity index is 1.86. The van der Waals surface area contributed by atoms with Crippen molar-refractivity contribution in [2.75, 3.05) is 0 Å². The number of nitriles is 1. The van der Waals surface area contributed by atoms with Crippen molar-refractivity contribution in [3.63, 3.8) is 0 Å². The molecule has 0 spiro atoms. The molecule has 0 saturated heterocycles. The van der Waals surface area contributed by atoms with Crippen molar-refractivity contribution >= 4 is 17.6 Å². The SMILES string of the molecule is CC(Oc1ccc(C#N)cc1)C(=O)OCc1ccc(Cl)cc1. The van der Waals surface area contributed by atoms with Crippen LogP contribution in [0.3, 0.4) is 0 Å². The molecular weight excluding hydrogens is 302 g/mol. The van der Waals surface area contributed by atoms with Crippen LogP contribution >= 0.6 is 11.6 Å². The van der Waals surface area contributed by atoms with Crippen LogP contribution in [0.25, 0.3) is 0 Å². The molecule has 22 heavy (non-hydrogen) atoms. The molecule has 0 radical (unpaired) electrons. The minimum absolute atomic E-state index is 0.164. The summed E-state index contributed by atoms with van der Waals surface area (Å²) in [7, 11) is 0. The zero-order chi connectivity index (χ0) is 15.9. The summed E-state index contributed by atoms with van der Waals surface area (Å²) in [5.41, 5.74) is 1.38. The third-order valence-electron chi connectivity index (χ3n) is 2.92. The summed E-state index contributed by atoms with van der Waals surface area (Å²) in [5.74, 6) is 0.0502. The first-order chi connectivity index (χ1) is 10.6. The van der Waals surface area contributed by atoms with E-state index in [4.69, 9.17) is 26.3 Å². The van der Waals surface area contributed by atoms with Crippen LogP contribution in [0, 0.1) is 11.3 Å². The minimum atomic E-state index is -0.736. The Hall–Kier alpha value is -2.51. The first kappa shape index (κ1) is 15.9. The molecule has 0 aliphatic rings. The van der Waals surface area contributed by atoms with Crippen molar-refractivity contribution in [2.45, 2.75) is 19.6 Å². The molecule has 1 unspecified atom stereocenters. The third kappa shape index (κ3) is 4.51. The molecule has 0 heterocycles. The predicted molar refractivity (Wildman–Crippen MR) is 82.5 cm³/mol. The Morgan fingerprint density at radius 2 is 1.82 bits per heavy atom. The smallest absolute Gasteiger partial charge is 0.347 e. The van der Waals surface area contributed by atoms with Gasteiger partial charge in [0.25, 0.3) is 0 Å². The van der Waals surface area contributed by atoms with Crippen molar-refractivity contribution < 1.29 is 14.3 Å². The average molecular weight is 316 g/mol. The molecule has 0 fully saturated rings. The van der Waals surface area contributed by atoms with Gasteiger partial charge in [0.05, 0.1) is 11.6 Å². The van der Waals surface area contributed by atoms with E-state index < -0.39 is 12.1 Å². The van der Waals surface area contributed by atoms with Gasteiger partial charge in [0.2, 0.25) is 0 Å². The molecule has 2 aromatic rings. The van der Waals surface area contributed by atoms with Crippen LogP contribution in [0.5, 0.6) is 5.75 Å². The van der Waals surface area contributed by atoms with Crippen molar-refractivity contribution in [2.24, 2.45) is 0 Å². The van der Waals surface area contributed by atoms with Gasteiger partial charge in [0, 0.05) is 5.02 Å². The second kappa shape index (κ2) is 7.48. The van der Waals surface area contributed by atoms with E-state index in [0.29, 0.717) is 16.3 Å². The van der Waals surface area contributed by atoms with E-state index in [-0.39, 0.29) is 6.61 Å². The number of carbonyl (C=O) groups excluding carboxylic acids is 1. The Labute approximate surface area is 133 Å². The van der Waals surface area contributed by atoms with E-state index in [1.807, 2.05) is 6.07 Å². The van der Waals surface area contributed by atoms with Crippen LogP contribution < -0.4 is 4.74 Å². The molecule has 2 rings (SSSR count). The molecule has 5 heteroatoms. The van der Waals surface area contributed by atoms with Crippen LogP contribution in [0.15, 0.2) is 48.5 Å². The summed E-state index contributed by atoms with van der Waals surface area (Å²) in [5, 5.41) is 9.35. The van der Waals surface area contributed by atoms with Crippen LogP contribution in [-0.4, -0.2) is 12.1 Å². The lowest BCUT2D eigenvalue weighted by Crippen LogP contribution is -2.26. The summed E-state index contributed by atoms with van der Waals surface area (Å²) in [6.45, 7) is 1.78. The van der Waals surface area contributed by atoms with Gasteiger partial charge in [-0.3, -0.25) is 0 Å². The van der Waals surface area contributed by atoms with E-state index in [1.54, 1.807) is 55.5 Å². The summed E-state index contributed by atoms with van der Waals surface area (Å²) >= 11 is 5.79. The minimum Gasteiger partial charge on any atom is -0.479 e. The lowest BCUT2D eigenvalue weighted by Gasteiger charge is -2.14. The van der Waals surface area contributed by atoms with Gasteiger partial charge in [-0.05, 0) is 48.9 Å². The highest BCUT2D eigenvalue weighted by Crippen LogP contribution is 2.15. The average Bonchev–Trinajstić information content (AvgIpc) is 2.54. The molecule has 0 bridgehead atoms. The summed E-state index contributed by atoms with van der Waals surface area (Å²) in [6, 6.07) is 15.6. The van der Waals surface area contributed by atoms with Gasteiger partial charge >= 0.3 is 5.97 Å². The fourth-order valence-electron chi connectivity index (χ4n) is 1.71. The fraction of sp³-hybridized carbons (Fsp3) is 0.176. The molecule has 0 aliphatic heterocycles. The summed E-state index contributed by atoms with van der Waals surface area (Å²) < 4.78 is 10.7. The molecule has 0 N–H and O–H groups in total. The third-order valence-corrected chi connectivity index (χ3v) is 3.17. The maximum Gasteiger partial charge on any atom is 0.347 e. The maximum atomic E-state index is 11.9. The maximum absolute atomic E-state index is 11.9. The number of halogens is 1. The van der Waals surface area contributed by atoms with Crippen molar-refractivity contribution in [1.29, 1.82) is 5.26 Å². The van der Waals surface area contributed by atoms with Crippen LogP contribution in [-0.2, 0) is 16.1 Å². The largest absolute Gasteiger partial charge is 0.479 e. The summed E-state index contributed by atoms with van der Waals surface area (Å²) in [4.78, 5) is 11.9. The van der Waals surface area contributed by atoms with Crippen LogP contribution in [0.1, 0.15) is 18.1 Å². The number of hydrogen-bond donors (Lipinski definition) is 0. The normalized spacial score (nSPS) is 11.3. The van der Waals surface area contributed by atoms with Gasteiger partial charge in [0.15, 0.2) is 6.10 Å². The molecule has 0 aliphatic carbocycles. The molecule has 0 amide bonds. The van der Waals surface area contributed by atoms with Crippen molar-refractivity contribution in [1.82, 2.24) is 0 Å². The monoisotopic (exact) mass is 315 g/mol. The first-order valence-corrected chi connectivity index (χ1v) is 7.04. The van der Waals surface area contributed by atoms with E-state index in [2.05, 4.69) is 0 Å². The Morgan fingerprint density at radius 1 is 1.18 bits per heavy atom. The highest BCUT2D eigenvalue weighted by atomic mass is 35.5. The van der Waals surface area contributed by atoms with Gasteiger partial charge in [0.1, 0.15) is 12.4 Å². The lowest BCUT2D eigenvalue weighted by molar-refractivity contribution is -0.152. The zero-order valence-corrected chi connectivity index (χ0v) is 12.7. The van der Waals surface area contributed by atoms with Gasteiger partial charge < -0.3 is 9.47 Å². The van der Waals surface area contributed by atoms with Gasteiger partial charge in [-0.25, -0.2) is 4.79 Å². The standard InChI is InChI=1S/C17H14ClNO3/c1-12(22-16-8-4-13(10-19)5-9-16)17(20)21-11-14-2-6-15(18)7-3-14/h2-9,12H,11H2,1H3. The van der Waals surface area contributed by atoms with E-state index in [0.717, 1.165) is 5.56 Å². The van der Waals surface area contributed by atoms with E-state index >= 15 is 0 Å². The Kier molecular flexibility index (Phi) is 5.40. The van der Waals surface area contributed by atoms with Gasteiger partial charge in [-0.1, -0.05) is 23.7 Å². The Bertz CT molecular complexity index is 675. The highest BCUT2D eigenvalue weighted by molar-refractivity contribution is 6.30. The quantitative estimate of drug-likeness (QED) is 0.789. The topological polar surface area (TPSA) is 59.3 Å². The van der Waals surface area contributed by atoms with Crippen molar-refractivity contribution in [3.8, 4) is 11.8 Å². The number of benzene rings is 2. The van der Waals surface area contributed by atoms with E-state index in [9.17, 15) is 4.79 Å². The molecule has 4 nitrogen and oxygen atoms in total. The summed E-state index contributed by atoms with van der Waals surface area (Å²) in [6.07, 6.45) is -0.736. The van der Waals surface area contributed by atoms with Gasteiger partial charge in [-0.15, -0.1) is 0 Å². The molecule has 0 aromatic heterocycles. The molecule has 2 aromatic carbocycles. The lowest BCUT2D eigenvalue weighted by atomic mass is 10.2. The second-order valence-electron chi connectivity index (χ2n) is 4.63. The Morgan fingerprint density at radius 3 is 2.41 bits per heavy atom. The van der Waals surface area contributed by atoms with E-state index in [1.165, 1.54) is 0 Å². The number of esters is 1. The number of ether oxygens (including phenoxy) is 2. The predicted octanol–water partition coefficient (Wildman–Crippen LogP) is 3.72. The second-order valence-corrected chi connectivity index (χ2v) is 5.07. The number of carbonyl (C=O) groups is 1. The number of hydrogen-bond acceptors (Lipinski definition) is 4. The fourth-order valence-corrected chi connectivity index (χ4v) is 1.84. The molecule has 1 atom stereocenters. The molecular formula is C17H14ClNO3. The highest BCUT2D eigenvalue weighted by Gasteiger charge is 2.16. The van der Waals surface area contributed by atoms with Gasteiger partial charge in [-0.2, -0.15) is 5.26 Å². The number of rotatable bonds is 5. The molecule has 0 saturated carbocycles. The van der Waals surface area contributed by atoms with Crippen molar-refractivity contribution in [3.05, 3.63) is 64.7 Å². The first-order valence-electron chi connectivity index (χ1n) is 6.66. The van der Waals surface area contributed by atoms with Crippen LogP contribution in [0.2, 0.25) is 5.02 Å². The number of nitrogens with zero attached hydrogens (tertiary/aromatic N) is 1. The zero-order valence-electron chi connectivity index (χ0n) is 12.0. The van der Waals surface area contributed by atoms with Crippen LogP contribution in [0.4, 0.5) is 0 Å². The molecule has 112 valence electrons.